The minimum Gasteiger partial charge on any atom is -0.362 e. The highest BCUT2D eigenvalue weighted by Crippen LogP contribution is 2.37. The first-order valence-corrected chi connectivity index (χ1v) is 4.84. The largest absolute Gasteiger partial charge is 0.435 e. The third-order valence-electron chi connectivity index (χ3n) is 2.59. The molecule has 0 unspecified atom stereocenters. The van der Waals surface area contributed by atoms with E-state index in [4.69, 9.17) is 5.73 Å². The van der Waals surface area contributed by atoms with E-state index in [9.17, 15) is 13.2 Å². The van der Waals surface area contributed by atoms with Crippen LogP contribution in [0.15, 0.2) is 12.1 Å². The zero-order valence-corrected chi connectivity index (χ0v) is 8.38. The van der Waals surface area contributed by atoms with Gasteiger partial charge < -0.3 is 11.1 Å². The van der Waals surface area contributed by atoms with Crippen molar-refractivity contribution >= 4 is 5.82 Å². The van der Waals surface area contributed by atoms with Gasteiger partial charge in [-0.2, -0.15) is 13.2 Å². The molecular weight excluding hydrogens is 221 g/mol. The summed E-state index contributed by atoms with van der Waals surface area (Å²) in [6.45, 7) is 0.440. The van der Waals surface area contributed by atoms with Gasteiger partial charge in [-0.1, -0.05) is 0 Å². The molecule has 0 radical (unpaired) electrons. The molecule has 16 heavy (non-hydrogen) atoms. The maximum Gasteiger partial charge on any atom is 0.435 e. The number of nitrogens with zero attached hydrogens (tertiary/aromatic N) is 2. The maximum absolute atomic E-state index is 12.2. The van der Waals surface area contributed by atoms with Crippen LogP contribution in [-0.4, -0.2) is 22.3 Å². The van der Waals surface area contributed by atoms with E-state index in [0.717, 1.165) is 18.9 Å². The van der Waals surface area contributed by atoms with Crippen LogP contribution in [0.1, 0.15) is 18.5 Å². The van der Waals surface area contributed by atoms with Gasteiger partial charge in [0.15, 0.2) is 5.69 Å². The van der Waals surface area contributed by atoms with Gasteiger partial charge in [0.25, 0.3) is 0 Å². The maximum atomic E-state index is 12.2. The SMILES string of the molecule is NCC1(Nc2ccc(C(F)(F)F)nn2)CC1. The Bertz CT molecular complexity index is 369. The van der Waals surface area contributed by atoms with Gasteiger partial charge in [0.1, 0.15) is 5.82 Å². The molecule has 1 heterocycles. The van der Waals surface area contributed by atoms with Crippen molar-refractivity contribution in [2.75, 3.05) is 11.9 Å². The molecule has 1 aliphatic rings. The Morgan fingerprint density at radius 3 is 2.38 bits per heavy atom. The Hall–Kier alpha value is -1.37. The molecule has 0 spiro atoms. The molecule has 3 N–H and O–H groups in total. The average molecular weight is 232 g/mol. The van der Waals surface area contributed by atoms with Crippen molar-refractivity contribution in [3.05, 3.63) is 17.8 Å². The number of nitrogens with one attached hydrogen (secondary N) is 1. The second-order valence-corrected chi connectivity index (χ2v) is 3.91. The predicted octanol–water partition coefficient (Wildman–Crippen LogP) is 1.40. The zero-order valence-electron chi connectivity index (χ0n) is 8.38. The van der Waals surface area contributed by atoms with Crippen molar-refractivity contribution in [1.82, 2.24) is 10.2 Å². The van der Waals surface area contributed by atoms with Crippen molar-refractivity contribution in [2.24, 2.45) is 5.73 Å². The molecule has 0 atom stereocenters. The van der Waals surface area contributed by atoms with E-state index in [1.165, 1.54) is 6.07 Å². The molecule has 1 aliphatic carbocycles. The molecule has 88 valence electrons. The molecule has 0 aromatic carbocycles. The summed E-state index contributed by atoms with van der Waals surface area (Å²) < 4.78 is 36.6. The fourth-order valence-electron chi connectivity index (χ4n) is 1.35. The predicted molar refractivity (Wildman–Crippen MR) is 51.7 cm³/mol. The molecule has 1 fully saturated rings. The summed E-state index contributed by atoms with van der Waals surface area (Å²) in [7, 11) is 0. The number of alkyl halides is 3. The Morgan fingerprint density at radius 2 is 2.00 bits per heavy atom. The number of hydrogen-bond donors (Lipinski definition) is 2. The molecule has 0 amide bonds. The van der Waals surface area contributed by atoms with Gasteiger partial charge in [0, 0.05) is 6.54 Å². The Kier molecular flexibility index (Phi) is 2.49. The zero-order chi connectivity index (χ0) is 11.8. The van der Waals surface area contributed by atoms with Gasteiger partial charge in [0.2, 0.25) is 0 Å². The third kappa shape index (κ3) is 2.24. The number of aromatic nitrogens is 2. The minimum absolute atomic E-state index is 0.186. The first-order valence-electron chi connectivity index (χ1n) is 4.84. The van der Waals surface area contributed by atoms with Crippen LogP contribution in [-0.2, 0) is 6.18 Å². The summed E-state index contributed by atoms with van der Waals surface area (Å²) in [6.07, 6.45) is -2.63. The fourth-order valence-corrected chi connectivity index (χ4v) is 1.35. The highest BCUT2D eigenvalue weighted by molar-refractivity contribution is 5.40. The van der Waals surface area contributed by atoms with E-state index in [1.54, 1.807) is 0 Å². The standard InChI is InChI=1S/C9H11F3N4/c10-9(11,12)6-1-2-7(16-15-6)14-8(5-13)3-4-8/h1-2H,3-5,13H2,(H,14,16). The lowest BCUT2D eigenvalue weighted by atomic mass is 10.2. The van der Waals surface area contributed by atoms with Crippen LogP contribution < -0.4 is 11.1 Å². The third-order valence-corrected chi connectivity index (χ3v) is 2.59. The number of anilines is 1. The average Bonchev–Trinajstić information content (AvgIpc) is 2.98. The monoisotopic (exact) mass is 232 g/mol. The van der Waals surface area contributed by atoms with Crippen molar-refractivity contribution in [2.45, 2.75) is 24.6 Å². The van der Waals surface area contributed by atoms with Crippen molar-refractivity contribution in [3.63, 3.8) is 0 Å². The van der Waals surface area contributed by atoms with E-state index in [1.807, 2.05) is 0 Å². The van der Waals surface area contributed by atoms with Gasteiger partial charge in [-0.25, -0.2) is 0 Å². The summed E-state index contributed by atoms with van der Waals surface area (Å²) >= 11 is 0. The topological polar surface area (TPSA) is 63.8 Å². The first kappa shape index (κ1) is 11.1. The molecule has 4 nitrogen and oxygen atoms in total. The minimum atomic E-state index is -4.45. The fraction of sp³-hybridized carbons (Fsp3) is 0.556. The van der Waals surface area contributed by atoms with Gasteiger partial charge in [-0.05, 0) is 25.0 Å². The Morgan fingerprint density at radius 1 is 1.31 bits per heavy atom. The van der Waals surface area contributed by atoms with Crippen LogP contribution in [0.25, 0.3) is 0 Å². The van der Waals surface area contributed by atoms with Gasteiger partial charge in [-0.3, -0.25) is 0 Å². The lowest BCUT2D eigenvalue weighted by molar-refractivity contribution is -0.141. The van der Waals surface area contributed by atoms with Crippen LogP contribution in [0.4, 0.5) is 19.0 Å². The first-order chi connectivity index (χ1) is 7.45. The van der Waals surface area contributed by atoms with Crippen molar-refractivity contribution in [3.8, 4) is 0 Å². The van der Waals surface area contributed by atoms with Crippen LogP contribution in [0.2, 0.25) is 0 Å². The van der Waals surface area contributed by atoms with E-state index in [2.05, 4.69) is 15.5 Å². The summed E-state index contributed by atoms with van der Waals surface area (Å²) in [5.74, 6) is 0.330. The van der Waals surface area contributed by atoms with E-state index >= 15 is 0 Å². The smallest absolute Gasteiger partial charge is 0.362 e. The van der Waals surface area contributed by atoms with Crippen LogP contribution >= 0.6 is 0 Å². The van der Waals surface area contributed by atoms with Crippen molar-refractivity contribution < 1.29 is 13.2 Å². The van der Waals surface area contributed by atoms with Gasteiger partial charge >= 0.3 is 6.18 Å². The van der Waals surface area contributed by atoms with E-state index in [-0.39, 0.29) is 5.54 Å². The van der Waals surface area contributed by atoms with E-state index in [0.29, 0.717) is 12.4 Å². The summed E-state index contributed by atoms with van der Waals surface area (Å²) in [5, 5.41) is 9.59. The molecule has 1 aromatic rings. The van der Waals surface area contributed by atoms with Crippen LogP contribution in [0.5, 0.6) is 0 Å². The lowest BCUT2D eigenvalue weighted by Crippen LogP contribution is -2.31. The normalized spacial score (nSPS) is 18.2. The van der Waals surface area contributed by atoms with Crippen LogP contribution in [0.3, 0.4) is 0 Å². The molecule has 0 saturated heterocycles. The van der Waals surface area contributed by atoms with Crippen molar-refractivity contribution in [1.29, 1.82) is 0 Å². The Balaban J connectivity index is 2.08. The lowest BCUT2D eigenvalue weighted by Gasteiger charge is -2.15. The number of rotatable bonds is 3. The molecule has 0 bridgehead atoms. The van der Waals surface area contributed by atoms with E-state index < -0.39 is 11.9 Å². The summed E-state index contributed by atoms with van der Waals surface area (Å²) in [5.41, 5.74) is 4.35. The Labute approximate surface area is 90.0 Å². The summed E-state index contributed by atoms with van der Waals surface area (Å²) in [4.78, 5) is 0. The molecule has 1 aromatic heterocycles. The second kappa shape index (κ2) is 3.58. The van der Waals surface area contributed by atoms with Gasteiger partial charge in [-0.15, -0.1) is 10.2 Å². The number of nitrogens with two attached hydrogens (primary N) is 1. The molecule has 1 saturated carbocycles. The quantitative estimate of drug-likeness (QED) is 0.826. The molecular formula is C9H11F3N4. The van der Waals surface area contributed by atoms with Crippen LogP contribution in [0, 0.1) is 0 Å². The second-order valence-electron chi connectivity index (χ2n) is 3.91. The highest BCUT2D eigenvalue weighted by Gasteiger charge is 2.41. The summed E-state index contributed by atoms with van der Waals surface area (Å²) in [6, 6.07) is 2.17. The number of halogens is 3. The molecule has 0 aliphatic heterocycles. The molecule has 2 rings (SSSR count). The van der Waals surface area contributed by atoms with Gasteiger partial charge in [0.05, 0.1) is 5.54 Å². The highest BCUT2D eigenvalue weighted by atomic mass is 19.4. The number of hydrogen-bond acceptors (Lipinski definition) is 4. The molecule has 7 heteroatoms.